The van der Waals surface area contributed by atoms with Gasteiger partial charge in [-0.3, -0.25) is 4.79 Å². The van der Waals surface area contributed by atoms with E-state index in [2.05, 4.69) is 5.32 Å². The maximum Gasteiger partial charge on any atom is 0.258 e. The summed E-state index contributed by atoms with van der Waals surface area (Å²) < 4.78 is 18.7. The molecule has 1 aromatic heterocycles. The summed E-state index contributed by atoms with van der Waals surface area (Å²) in [4.78, 5) is 13.3. The number of halogens is 2. The number of benzene rings is 2. The summed E-state index contributed by atoms with van der Waals surface area (Å²) >= 11 is 7.54. The van der Waals surface area contributed by atoms with Crippen molar-refractivity contribution in [1.29, 1.82) is 5.26 Å². The van der Waals surface area contributed by atoms with Gasteiger partial charge in [-0.05, 0) is 47.3 Å². The molecular formula is C20H14ClFN2O2S. The van der Waals surface area contributed by atoms with Crippen molar-refractivity contribution < 1.29 is 13.9 Å². The van der Waals surface area contributed by atoms with Crippen molar-refractivity contribution in [3.05, 3.63) is 86.8 Å². The number of nitrogens with one attached hydrogen (secondary N) is 1. The van der Waals surface area contributed by atoms with Crippen molar-refractivity contribution in [1.82, 2.24) is 5.32 Å². The van der Waals surface area contributed by atoms with Crippen LogP contribution in [0.3, 0.4) is 0 Å². The average Bonchev–Trinajstić information content (AvgIpc) is 3.20. The number of amides is 1. The highest BCUT2D eigenvalue weighted by molar-refractivity contribution is 7.10. The van der Waals surface area contributed by atoms with E-state index in [1.807, 2.05) is 23.6 Å². The van der Waals surface area contributed by atoms with Crippen LogP contribution in [-0.4, -0.2) is 12.5 Å². The van der Waals surface area contributed by atoms with Gasteiger partial charge in [0.05, 0.1) is 22.7 Å². The number of thiophene rings is 1. The van der Waals surface area contributed by atoms with E-state index < -0.39 is 6.04 Å². The number of ether oxygens (including phenoxy) is 1. The Labute approximate surface area is 164 Å². The van der Waals surface area contributed by atoms with Gasteiger partial charge in [0, 0.05) is 4.88 Å². The van der Waals surface area contributed by atoms with Gasteiger partial charge in [0.15, 0.2) is 6.61 Å². The van der Waals surface area contributed by atoms with Crippen LogP contribution in [0.1, 0.15) is 22.0 Å². The lowest BCUT2D eigenvalue weighted by molar-refractivity contribution is -0.123. The minimum Gasteiger partial charge on any atom is -0.482 e. The van der Waals surface area contributed by atoms with Crippen molar-refractivity contribution in [3.63, 3.8) is 0 Å². The minimum atomic E-state index is -0.405. The summed E-state index contributed by atoms with van der Waals surface area (Å²) in [7, 11) is 0. The van der Waals surface area contributed by atoms with Gasteiger partial charge in [0.2, 0.25) is 0 Å². The molecule has 3 rings (SSSR count). The van der Waals surface area contributed by atoms with Crippen LogP contribution in [0.15, 0.2) is 60.0 Å². The normalized spacial score (nSPS) is 11.4. The van der Waals surface area contributed by atoms with Gasteiger partial charge in [-0.15, -0.1) is 11.3 Å². The molecule has 0 bridgehead atoms. The third-order valence-electron chi connectivity index (χ3n) is 3.76. The first-order valence-electron chi connectivity index (χ1n) is 7.97. The standard InChI is InChI=1S/C20H14ClFN2O2S/c21-16-10-13(11-23)3-8-17(16)26-12-19(25)24-20(18-2-1-9-27-18)14-4-6-15(22)7-5-14/h1-10,20H,12H2,(H,24,25). The molecule has 1 amide bonds. The summed E-state index contributed by atoms with van der Waals surface area (Å²) in [6, 6.07) is 15.9. The highest BCUT2D eigenvalue weighted by Gasteiger charge is 2.18. The van der Waals surface area contributed by atoms with E-state index in [0.29, 0.717) is 11.3 Å². The highest BCUT2D eigenvalue weighted by atomic mass is 35.5. The second-order valence-corrected chi connectivity index (χ2v) is 7.00. The average molecular weight is 401 g/mol. The zero-order valence-electron chi connectivity index (χ0n) is 14.0. The van der Waals surface area contributed by atoms with Gasteiger partial charge in [0.25, 0.3) is 5.91 Å². The summed E-state index contributed by atoms with van der Waals surface area (Å²) in [6.07, 6.45) is 0. The van der Waals surface area contributed by atoms with Crippen LogP contribution in [0.5, 0.6) is 5.75 Å². The van der Waals surface area contributed by atoms with Crippen LogP contribution >= 0.6 is 22.9 Å². The SMILES string of the molecule is N#Cc1ccc(OCC(=O)NC(c2ccc(F)cc2)c2cccs2)c(Cl)c1. The van der Waals surface area contributed by atoms with E-state index in [1.165, 1.54) is 29.5 Å². The Morgan fingerprint density at radius 2 is 2.04 bits per heavy atom. The minimum absolute atomic E-state index is 0.241. The Bertz CT molecular complexity index is 969. The summed E-state index contributed by atoms with van der Waals surface area (Å²) in [5.74, 6) is -0.368. The Morgan fingerprint density at radius 3 is 2.67 bits per heavy atom. The summed E-state index contributed by atoms with van der Waals surface area (Å²) in [6.45, 7) is -0.241. The van der Waals surface area contributed by atoms with E-state index in [9.17, 15) is 9.18 Å². The molecule has 0 fully saturated rings. The first-order chi connectivity index (χ1) is 13.1. The van der Waals surface area contributed by atoms with E-state index in [4.69, 9.17) is 21.6 Å². The molecule has 0 spiro atoms. The van der Waals surface area contributed by atoms with Crippen molar-refractivity contribution in [2.24, 2.45) is 0 Å². The van der Waals surface area contributed by atoms with Crippen LogP contribution in [0.25, 0.3) is 0 Å². The molecule has 4 nitrogen and oxygen atoms in total. The quantitative estimate of drug-likeness (QED) is 0.652. The van der Waals surface area contributed by atoms with Crippen LogP contribution in [0.2, 0.25) is 5.02 Å². The van der Waals surface area contributed by atoms with Crippen LogP contribution < -0.4 is 10.1 Å². The molecule has 136 valence electrons. The first kappa shape index (κ1) is 18.9. The third kappa shape index (κ3) is 4.85. The first-order valence-corrected chi connectivity index (χ1v) is 9.23. The molecule has 0 radical (unpaired) electrons. The second-order valence-electron chi connectivity index (χ2n) is 5.61. The van der Waals surface area contributed by atoms with E-state index in [-0.39, 0.29) is 23.4 Å². The van der Waals surface area contributed by atoms with Crippen molar-refractivity contribution >= 4 is 28.8 Å². The van der Waals surface area contributed by atoms with Gasteiger partial charge < -0.3 is 10.1 Å². The topological polar surface area (TPSA) is 62.1 Å². The van der Waals surface area contributed by atoms with Crippen molar-refractivity contribution in [3.8, 4) is 11.8 Å². The van der Waals surface area contributed by atoms with E-state index in [0.717, 1.165) is 10.4 Å². The smallest absolute Gasteiger partial charge is 0.258 e. The van der Waals surface area contributed by atoms with Crippen LogP contribution in [-0.2, 0) is 4.79 Å². The molecule has 1 unspecified atom stereocenters. The van der Waals surface area contributed by atoms with E-state index in [1.54, 1.807) is 24.3 Å². The number of hydrogen-bond acceptors (Lipinski definition) is 4. The number of carbonyl (C=O) groups excluding carboxylic acids is 1. The molecule has 27 heavy (non-hydrogen) atoms. The summed E-state index contributed by atoms with van der Waals surface area (Å²) in [5.41, 5.74) is 1.18. The van der Waals surface area contributed by atoms with Gasteiger partial charge in [0.1, 0.15) is 11.6 Å². The Kier molecular flexibility index (Phi) is 6.07. The maximum atomic E-state index is 13.2. The fourth-order valence-electron chi connectivity index (χ4n) is 2.46. The number of rotatable bonds is 6. The lowest BCUT2D eigenvalue weighted by Crippen LogP contribution is -2.33. The highest BCUT2D eigenvalue weighted by Crippen LogP contribution is 2.27. The zero-order chi connectivity index (χ0) is 19.2. The fourth-order valence-corrected chi connectivity index (χ4v) is 3.50. The Morgan fingerprint density at radius 1 is 1.26 bits per heavy atom. The van der Waals surface area contributed by atoms with Gasteiger partial charge in [-0.2, -0.15) is 5.26 Å². The number of nitriles is 1. The predicted octanol–water partition coefficient (Wildman–Crippen LogP) is 4.70. The second kappa shape index (κ2) is 8.67. The predicted molar refractivity (Wildman–Crippen MR) is 102 cm³/mol. The summed E-state index contributed by atoms with van der Waals surface area (Å²) in [5, 5.41) is 13.9. The molecule has 1 heterocycles. The molecule has 0 saturated carbocycles. The molecule has 0 aliphatic carbocycles. The zero-order valence-corrected chi connectivity index (χ0v) is 15.6. The molecule has 2 aromatic carbocycles. The van der Waals surface area contributed by atoms with Crippen molar-refractivity contribution in [2.45, 2.75) is 6.04 Å². The molecule has 0 aliphatic heterocycles. The lowest BCUT2D eigenvalue weighted by atomic mass is 10.1. The molecule has 3 aromatic rings. The number of hydrogen-bond donors (Lipinski definition) is 1. The van der Waals surface area contributed by atoms with Gasteiger partial charge >= 0.3 is 0 Å². The number of nitrogens with zero attached hydrogens (tertiary/aromatic N) is 1. The Hall–Kier alpha value is -2.88. The molecule has 0 aliphatic rings. The molecule has 1 atom stereocenters. The molecule has 7 heteroatoms. The molecule has 1 N–H and O–H groups in total. The molecule has 0 saturated heterocycles. The number of carbonyl (C=O) groups is 1. The fraction of sp³-hybridized carbons (Fsp3) is 0.100. The van der Waals surface area contributed by atoms with Crippen molar-refractivity contribution in [2.75, 3.05) is 6.61 Å². The van der Waals surface area contributed by atoms with Crippen LogP contribution in [0, 0.1) is 17.1 Å². The van der Waals surface area contributed by atoms with Crippen LogP contribution in [0.4, 0.5) is 4.39 Å². The van der Waals surface area contributed by atoms with Gasteiger partial charge in [-0.25, -0.2) is 4.39 Å². The lowest BCUT2D eigenvalue weighted by Gasteiger charge is -2.18. The Balaban J connectivity index is 1.70. The van der Waals surface area contributed by atoms with Gasteiger partial charge in [-0.1, -0.05) is 29.8 Å². The monoisotopic (exact) mass is 400 g/mol. The largest absolute Gasteiger partial charge is 0.482 e. The molecular weight excluding hydrogens is 387 g/mol. The van der Waals surface area contributed by atoms with E-state index >= 15 is 0 Å². The maximum absolute atomic E-state index is 13.2. The third-order valence-corrected chi connectivity index (χ3v) is 4.99.